The summed E-state index contributed by atoms with van der Waals surface area (Å²) in [5, 5.41) is 8.05. The normalized spacial score (nSPS) is 13.4. The highest BCUT2D eigenvalue weighted by molar-refractivity contribution is 7.07. The van der Waals surface area contributed by atoms with E-state index >= 15 is 0 Å². The lowest BCUT2D eigenvalue weighted by atomic mass is 9.85. The number of nitrogens with one attached hydrogen (secondary N) is 1. The molecule has 1 N–H and O–H groups in total. The highest BCUT2D eigenvalue weighted by Crippen LogP contribution is 2.29. The molecule has 2 heteroatoms. The van der Waals surface area contributed by atoms with Crippen molar-refractivity contribution in [1.29, 1.82) is 0 Å². The number of hydrogen-bond acceptors (Lipinski definition) is 2. The van der Waals surface area contributed by atoms with Crippen molar-refractivity contribution in [3.63, 3.8) is 0 Å². The van der Waals surface area contributed by atoms with Crippen LogP contribution in [0.4, 0.5) is 0 Å². The minimum absolute atomic E-state index is 0.322. The molecule has 1 aromatic heterocycles. The van der Waals surface area contributed by atoms with Gasteiger partial charge in [-0.1, -0.05) is 51.1 Å². The Labute approximate surface area is 120 Å². The van der Waals surface area contributed by atoms with Crippen LogP contribution in [-0.4, -0.2) is 0 Å². The van der Waals surface area contributed by atoms with Crippen LogP contribution in [0.25, 0.3) is 0 Å². The van der Waals surface area contributed by atoms with Gasteiger partial charge in [-0.25, -0.2) is 0 Å². The van der Waals surface area contributed by atoms with Crippen molar-refractivity contribution in [2.45, 2.75) is 39.8 Å². The molecule has 2 aromatic rings. The summed E-state index contributed by atoms with van der Waals surface area (Å²) in [6.45, 7) is 7.85. The van der Waals surface area contributed by atoms with E-state index < -0.39 is 0 Å². The largest absolute Gasteiger partial charge is 0.306 e. The van der Waals surface area contributed by atoms with E-state index in [2.05, 4.69) is 73.2 Å². The van der Waals surface area contributed by atoms with Gasteiger partial charge in [-0.2, -0.15) is 11.3 Å². The molecule has 0 amide bonds. The van der Waals surface area contributed by atoms with Gasteiger partial charge in [-0.05, 0) is 39.8 Å². The molecular formula is C17H23NS. The first-order valence-corrected chi connectivity index (χ1v) is 7.78. The molecule has 0 aliphatic carbocycles. The van der Waals surface area contributed by atoms with Gasteiger partial charge in [0.25, 0.3) is 0 Å². The highest BCUT2D eigenvalue weighted by Gasteiger charge is 2.19. The lowest BCUT2D eigenvalue weighted by Gasteiger charge is -2.27. The van der Waals surface area contributed by atoms with Crippen molar-refractivity contribution in [3.05, 3.63) is 58.3 Å². The number of rotatable bonds is 5. The number of benzene rings is 1. The lowest BCUT2D eigenvalue weighted by molar-refractivity contribution is 0.310. The van der Waals surface area contributed by atoms with Crippen molar-refractivity contribution in [2.75, 3.05) is 0 Å². The standard InChI is InChI=1S/C17H23NS/c1-17(2,3)11-16(15-7-5-4-6-8-15)18-12-14-9-10-19-13-14/h4-10,13,16,18H,11-12H2,1-3H3. The third-order valence-electron chi connectivity index (χ3n) is 3.15. The Morgan fingerprint density at radius 1 is 1.11 bits per heavy atom. The summed E-state index contributed by atoms with van der Waals surface area (Å²) in [5.74, 6) is 0. The molecule has 1 atom stereocenters. The molecule has 19 heavy (non-hydrogen) atoms. The molecular weight excluding hydrogens is 250 g/mol. The van der Waals surface area contributed by atoms with Crippen LogP contribution in [0.15, 0.2) is 47.2 Å². The third-order valence-corrected chi connectivity index (χ3v) is 3.88. The molecule has 1 nitrogen and oxygen atoms in total. The average Bonchev–Trinajstić information content (AvgIpc) is 2.87. The van der Waals surface area contributed by atoms with E-state index in [1.165, 1.54) is 11.1 Å². The molecule has 0 fully saturated rings. The SMILES string of the molecule is CC(C)(C)CC(NCc1ccsc1)c1ccccc1. The van der Waals surface area contributed by atoms with E-state index in [-0.39, 0.29) is 0 Å². The van der Waals surface area contributed by atoms with E-state index in [9.17, 15) is 0 Å². The predicted octanol–water partition coefficient (Wildman–Crippen LogP) is 5.02. The second kappa shape index (κ2) is 6.36. The third kappa shape index (κ3) is 4.81. The molecule has 0 radical (unpaired) electrons. The first-order chi connectivity index (χ1) is 9.04. The van der Waals surface area contributed by atoms with Gasteiger partial charge in [-0.15, -0.1) is 0 Å². The number of hydrogen-bond donors (Lipinski definition) is 1. The van der Waals surface area contributed by atoms with E-state index in [0.717, 1.165) is 13.0 Å². The Balaban J connectivity index is 2.06. The minimum atomic E-state index is 0.322. The fraction of sp³-hybridized carbons (Fsp3) is 0.412. The summed E-state index contributed by atoms with van der Waals surface area (Å²) in [6, 6.07) is 13.4. The molecule has 0 aliphatic rings. The van der Waals surface area contributed by atoms with Crippen LogP contribution in [0.1, 0.15) is 44.4 Å². The minimum Gasteiger partial charge on any atom is -0.306 e. The molecule has 1 heterocycles. The van der Waals surface area contributed by atoms with Gasteiger partial charge in [0.2, 0.25) is 0 Å². The Morgan fingerprint density at radius 3 is 2.42 bits per heavy atom. The van der Waals surface area contributed by atoms with E-state index in [0.29, 0.717) is 11.5 Å². The van der Waals surface area contributed by atoms with Crippen LogP contribution in [0.2, 0.25) is 0 Å². The Bertz CT molecular complexity index is 468. The van der Waals surface area contributed by atoms with Crippen molar-refractivity contribution in [2.24, 2.45) is 5.41 Å². The van der Waals surface area contributed by atoms with Gasteiger partial charge in [-0.3, -0.25) is 0 Å². The second-order valence-corrected chi connectivity index (χ2v) is 7.02. The average molecular weight is 273 g/mol. The van der Waals surface area contributed by atoms with E-state index in [1.54, 1.807) is 11.3 Å². The van der Waals surface area contributed by atoms with E-state index in [4.69, 9.17) is 0 Å². The second-order valence-electron chi connectivity index (χ2n) is 6.24. The molecule has 0 bridgehead atoms. The maximum absolute atomic E-state index is 3.70. The van der Waals surface area contributed by atoms with Crippen molar-refractivity contribution >= 4 is 11.3 Å². The monoisotopic (exact) mass is 273 g/mol. The highest BCUT2D eigenvalue weighted by atomic mass is 32.1. The quantitative estimate of drug-likeness (QED) is 0.807. The first-order valence-electron chi connectivity index (χ1n) is 6.84. The summed E-state index contributed by atoms with van der Waals surface area (Å²) in [6.07, 6.45) is 1.14. The lowest BCUT2D eigenvalue weighted by Crippen LogP contribution is -2.25. The molecule has 0 saturated heterocycles. The van der Waals surface area contributed by atoms with Crippen molar-refractivity contribution in [3.8, 4) is 0 Å². The van der Waals surface area contributed by atoms with E-state index in [1.807, 2.05) is 0 Å². The van der Waals surface area contributed by atoms with Crippen LogP contribution >= 0.6 is 11.3 Å². The molecule has 0 spiro atoms. The van der Waals surface area contributed by atoms with Crippen molar-refractivity contribution < 1.29 is 0 Å². The summed E-state index contributed by atoms with van der Waals surface area (Å²) in [5.41, 5.74) is 3.08. The van der Waals surface area contributed by atoms with Gasteiger partial charge in [0.15, 0.2) is 0 Å². The van der Waals surface area contributed by atoms with Crippen LogP contribution in [0.3, 0.4) is 0 Å². The Hall–Kier alpha value is -1.12. The zero-order valence-corrected chi connectivity index (χ0v) is 12.8. The van der Waals surface area contributed by atoms with Gasteiger partial charge in [0.05, 0.1) is 0 Å². The molecule has 1 unspecified atom stereocenters. The first kappa shape index (κ1) is 14.3. The zero-order chi connectivity index (χ0) is 13.7. The molecule has 1 aromatic carbocycles. The van der Waals surface area contributed by atoms with Crippen LogP contribution < -0.4 is 5.32 Å². The van der Waals surface area contributed by atoms with Gasteiger partial charge in [0.1, 0.15) is 0 Å². The summed E-state index contributed by atoms with van der Waals surface area (Å²) >= 11 is 1.76. The molecule has 2 rings (SSSR count). The Morgan fingerprint density at radius 2 is 1.84 bits per heavy atom. The van der Waals surface area contributed by atoms with Crippen LogP contribution in [0, 0.1) is 5.41 Å². The maximum atomic E-state index is 3.70. The van der Waals surface area contributed by atoms with Gasteiger partial charge in [0, 0.05) is 12.6 Å². The predicted molar refractivity (Wildman–Crippen MR) is 84.4 cm³/mol. The summed E-state index contributed by atoms with van der Waals surface area (Å²) in [4.78, 5) is 0. The molecule has 0 aliphatic heterocycles. The number of thiophene rings is 1. The van der Waals surface area contributed by atoms with Crippen LogP contribution in [0.5, 0.6) is 0 Å². The fourth-order valence-electron chi connectivity index (χ4n) is 2.24. The summed E-state index contributed by atoms with van der Waals surface area (Å²) < 4.78 is 0. The fourth-order valence-corrected chi connectivity index (χ4v) is 2.91. The van der Waals surface area contributed by atoms with Gasteiger partial charge >= 0.3 is 0 Å². The van der Waals surface area contributed by atoms with Gasteiger partial charge < -0.3 is 5.32 Å². The summed E-state index contributed by atoms with van der Waals surface area (Å²) in [7, 11) is 0. The topological polar surface area (TPSA) is 12.0 Å². The zero-order valence-electron chi connectivity index (χ0n) is 12.0. The molecule has 102 valence electrons. The molecule has 0 saturated carbocycles. The smallest absolute Gasteiger partial charge is 0.0328 e. The maximum Gasteiger partial charge on any atom is 0.0328 e. The Kier molecular flexibility index (Phi) is 4.78. The van der Waals surface area contributed by atoms with Crippen molar-refractivity contribution in [1.82, 2.24) is 5.32 Å². The van der Waals surface area contributed by atoms with Crippen LogP contribution in [-0.2, 0) is 6.54 Å².